The lowest BCUT2D eigenvalue weighted by molar-refractivity contribution is -0.111. The highest BCUT2D eigenvalue weighted by Gasteiger charge is 2.08. The van der Waals surface area contributed by atoms with Crippen molar-refractivity contribution < 1.29 is 18.7 Å². The first kappa shape index (κ1) is 21.0. The van der Waals surface area contributed by atoms with Crippen LogP contribution in [0.5, 0.6) is 0 Å². The van der Waals surface area contributed by atoms with Gasteiger partial charge in [0.05, 0.1) is 23.1 Å². The summed E-state index contributed by atoms with van der Waals surface area (Å²) in [6.07, 6.45) is 5.79. The monoisotopic (exact) mass is 405 g/mol. The van der Waals surface area contributed by atoms with E-state index in [9.17, 15) is 14.4 Å². The van der Waals surface area contributed by atoms with Crippen LogP contribution in [0.2, 0.25) is 0 Å². The second-order valence-electron chi connectivity index (χ2n) is 6.91. The summed E-state index contributed by atoms with van der Waals surface area (Å²) in [6.45, 7) is 4.30. The Hall–Kier alpha value is -3.67. The minimum atomic E-state index is -0.406. The lowest BCUT2D eigenvalue weighted by Crippen LogP contribution is -2.10. The molecule has 1 N–H and O–H groups in total. The molecular weight excluding hydrogens is 382 g/mol. The number of amides is 1. The number of hydrogen-bond donors (Lipinski definition) is 1. The Balaban J connectivity index is 1.65. The minimum Gasteiger partial charge on any atom is -0.463 e. The van der Waals surface area contributed by atoms with Crippen molar-refractivity contribution in [3.63, 3.8) is 0 Å². The minimum absolute atomic E-state index is 0.199. The third-order valence-electron chi connectivity index (χ3n) is 4.49. The first-order chi connectivity index (χ1) is 14.5. The van der Waals surface area contributed by atoms with E-state index in [-0.39, 0.29) is 17.0 Å². The zero-order valence-electron chi connectivity index (χ0n) is 16.9. The van der Waals surface area contributed by atoms with E-state index in [1.807, 2.05) is 19.9 Å². The van der Waals surface area contributed by atoms with Gasteiger partial charge in [-0.15, -0.1) is 0 Å². The van der Waals surface area contributed by atoms with Gasteiger partial charge in [-0.3, -0.25) is 9.59 Å². The Morgan fingerprint density at radius 1 is 1.13 bits per heavy atom. The molecule has 0 fully saturated rings. The highest BCUT2D eigenvalue weighted by molar-refractivity contribution is 6.02. The number of carbonyl (C=O) groups excluding carboxylic acids is 2. The maximum atomic E-state index is 12.6. The van der Waals surface area contributed by atoms with Gasteiger partial charge in [0, 0.05) is 11.8 Å². The molecule has 0 atom stereocenters. The quantitative estimate of drug-likeness (QED) is 0.349. The van der Waals surface area contributed by atoms with Gasteiger partial charge >= 0.3 is 5.97 Å². The summed E-state index contributed by atoms with van der Waals surface area (Å²) in [5.74, 6) is -0.795. The molecule has 0 saturated carbocycles. The van der Waals surface area contributed by atoms with Crippen molar-refractivity contribution in [3.05, 3.63) is 81.7 Å². The van der Waals surface area contributed by atoms with Gasteiger partial charge in [0.1, 0.15) is 11.8 Å². The zero-order chi connectivity index (χ0) is 21.5. The summed E-state index contributed by atoms with van der Waals surface area (Å²) >= 11 is 0. The van der Waals surface area contributed by atoms with Crippen LogP contribution in [0.4, 0.5) is 5.69 Å². The molecule has 1 heterocycles. The van der Waals surface area contributed by atoms with Gasteiger partial charge in [0.2, 0.25) is 5.91 Å². The third kappa shape index (κ3) is 5.23. The number of hydrogen-bond acceptors (Lipinski definition) is 5. The van der Waals surface area contributed by atoms with Gasteiger partial charge in [0.25, 0.3) is 0 Å². The smallest absolute Gasteiger partial charge is 0.338 e. The van der Waals surface area contributed by atoms with E-state index >= 15 is 0 Å². The van der Waals surface area contributed by atoms with Crippen LogP contribution in [-0.4, -0.2) is 18.5 Å². The molecule has 1 amide bonds. The Bertz CT molecular complexity index is 1140. The zero-order valence-corrected chi connectivity index (χ0v) is 16.9. The molecule has 0 aliphatic heterocycles. The number of nitrogens with one attached hydrogen (secondary N) is 1. The van der Waals surface area contributed by atoms with Crippen LogP contribution in [-0.2, 0) is 9.53 Å². The molecule has 0 aliphatic carbocycles. The van der Waals surface area contributed by atoms with Crippen molar-refractivity contribution in [3.8, 4) is 0 Å². The largest absolute Gasteiger partial charge is 0.463 e. The standard InChI is InChI=1S/C24H23NO5/c1-3-4-13-29-24(28)17-6-9-19(10-7-17)25-22(26)12-8-18-15-30-21-11-5-16(2)14-20(21)23(18)27/h5-12,14-15H,3-4,13H2,1-2H3,(H,25,26)/b12-8+. The van der Waals surface area contributed by atoms with Crippen LogP contribution in [0.25, 0.3) is 17.0 Å². The molecule has 2 aromatic carbocycles. The van der Waals surface area contributed by atoms with E-state index in [0.717, 1.165) is 18.4 Å². The number of esters is 1. The Kier molecular flexibility index (Phi) is 6.80. The number of carbonyl (C=O) groups is 2. The Labute approximate surface area is 174 Å². The highest BCUT2D eigenvalue weighted by atomic mass is 16.5. The van der Waals surface area contributed by atoms with Gasteiger partial charge in [-0.05, 0) is 55.8 Å². The molecule has 30 heavy (non-hydrogen) atoms. The van der Waals surface area contributed by atoms with Crippen molar-refractivity contribution in [2.75, 3.05) is 11.9 Å². The first-order valence-electron chi connectivity index (χ1n) is 9.76. The van der Waals surface area contributed by atoms with Crippen LogP contribution < -0.4 is 10.7 Å². The second kappa shape index (κ2) is 9.69. The summed E-state index contributed by atoms with van der Waals surface area (Å²) in [7, 11) is 0. The average Bonchev–Trinajstić information content (AvgIpc) is 2.74. The Morgan fingerprint density at radius 3 is 2.63 bits per heavy atom. The van der Waals surface area contributed by atoms with E-state index in [4.69, 9.17) is 9.15 Å². The third-order valence-corrected chi connectivity index (χ3v) is 4.49. The fraction of sp³-hybridized carbons (Fsp3) is 0.208. The number of benzene rings is 2. The molecule has 6 nitrogen and oxygen atoms in total. The van der Waals surface area contributed by atoms with Crippen molar-refractivity contribution in [1.82, 2.24) is 0 Å². The molecule has 154 valence electrons. The fourth-order valence-electron chi connectivity index (χ4n) is 2.81. The van der Waals surface area contributed by atoms with Crippen molar-refractivity contribution in [2.24, 2.45) is 0 Å². The van der Waals surface area contributed by atoms with Gasteiger partial charge in [-0.2, -0.15) is 0 Å². The predicted molar refractivity (Wildman–Crippen MR) is 117 cm³/mol. The average molecular weight is 405 g/mol. The molecule has 0 bridgehead atoms. The number of unbranched alkanes of at least 4 members (excludes halogenated alkanes) is 1. The van der Waals surface area contributed by atoms with Gasteiger partial charge in [0.15, 0.2) is 5.43 Å². The molecule has 0 aliphatic rings. The van der Waals surface area contributed by atoms with Gasteiger partial charge in [-0.1, -0.05) is 25.0 Å². The molecule has 3 rings (SSSR count). The molecule has 0 radical (unpaired) electrons. The van der Waals surface area contributed by atoms with Crippen LogP contribution in [0.15, 0.2) is 64.0 Å². The predicted octanol–water partition coefficient (Wildman–Crippen LogP) is 4.71. The van der Waals surface area contributed by atoms with E-state index in [0.29, 0.717) is 28.8 Å². The van der Waals surface area contributed by atoms with Crippen molar-refractivity contribution >= 4 is 34.6 Å². The molecule has 3 aromatic rings. The molecule has 0 spiro atoms. The van der Waals surface area contributed by atoms with Crippen molar-refractivity contribution in [1.29, 1.82) is 0 Å². The highest BCUT2D eigenvalue weighted by Crippen LogP contribution is 2.14. The number of ether oxygens (including phenoxy) is 1. The summed E-state index contributed by atoms with van der Waals surface area (Å²) in [6, 6.07) is 11.8. The maximum absolute atomic E-state index is 12.6. The lowest BCUT2D eigenvalue weighted by atomic mass is 10.1. The van der Waals surface area contributed by atoms with Crippen molar-refractivity contribution in [2.45, 2.75) is 26.7 Å². The van der Waals surface area contributed by atoms with Crippen LogP contribution >= 0.6 is 0 Å². The molecule has 1 aromatic heterocycles. The number of fused-ring (bicyclic) bond motifs is 1. The van der Waals surface area contributed by atoms with Gasteiger partial charge < -0.3 is 14.5 Å². The molecule has 6 heteroatoms. The molecule has 0 saturated heterocycles. The Morgan fingerprint density at radius 2 is 1.90 bits per heavy atom. The number of aryl methyl sites for hydroxylation is 1. The first-order valence-corrected chi connectivity index (χ1v) is 9.76. The second-order valence-corrected chi connectivity index (χ2v) is 6.91. The summed E-state index contributed by atoms with van der Waals surface area (Å²) in [5, 5.41) is 3.16. The van der Waals surface area contributed by atoms with Crippen LogP contribution in [0, 0.1) is 6.92 Å². The van der Waals surface area contributed by atoms with E-state index < -0.39 is 5.91 Å². The summed E-state index contributed by atoms with van der Waals surface area (Å²) in [4.78, 5) is 36.6. The van der Waals surface area contributed by atoms with Gasteiger partial charge in [-0.25, -0.2) is 4.79 Å². The summed E-state index contributed by atoms with van der Waals surface area (Å²) in [5.41, 5.74) is 2.48. The van der Waals surface area contributed by atoms with E-state index in [1.165, 1.54) is 18.4 Å². The number of anilines is 1. The maximum Gasteiger partial charge on any atom is 0.338 e. The van der Waals surface area contributed by atoms with E-state index in [1.54, 1.807) is 36.4 Å². The van der Waals surface area contributed by atoms with Crippen LogP contribution in [0.3, 0.4) is 0 Å². The van der Waals surface area contributed by atoms with E-state index in [2.05, 4.69) is 5.32 Å². The topological polar surface area (TPSA) is 85.6 Å². The summed E-state index contributed by atoms with van der Waals surface area (Å²) < 4.78 is 10.6. The number of rotatable bonds is 7. The molecular formula is C24H23NO5. The normalized spacial score (nSPS) is 11.0. The SMILES string of the molecule is CCCCOC(=O)c1ccc(NC(=O)/C=C/c2coc3ccc(C)cc3c2=O)cc1. The fourth-order valence-corrected chi connectivity index (χ4v) is 2.81. The lowest BCUT2D eigenvalue weighted by Gasteiger charge is -2.06. The van der Waals surface area contributed by atoms with Crippen LogP contribution in [0.1, 0.15) is 41.3 Å². The molecule has 0 unspecified atom stereocenters.